The molecule has 116 valence electrons. The lowest BCUT2D eigenvalue weighted by Gasteiger charge is -2.17. The van der Waals surface area contributed by atoms with E-state index in [0.29, 0.717) is 11.0 Å². The Bertz CT molecular complexity index is 523. The Hall–Kier alpha value is -0.140. The summed E-state index contributed by atoms with van der Waals surface area (Å²) in [4.78, 5) is 0.266. The zero-order valence-electron chi connectivity index (χ0n) is 11.7. The zero-order valence-corrected chi connectivity index (χ0v) is 14.9. The smallest absolute Gasteiger partial charge is 0.241 e. The fraction of sp³-hybridized carbons (Fsp3) is 0.538. The van der Waals surface area contributed by atoms with E-state index in [9.17, 15) is 8.42 Å². The molecule has 1 aromatic rings. The Morgan fingerprint density at radius 1 is 1.40 bits per heavy atom. The maximum absolute atomic E-state index is 12.3. The van der Waals surface area contributed by atoms with Crippen LogP contribution in [-0.2, 0) is 10.0 Å². The van der Waals surface area contributed by atoms with Crippen molar-refractivity contribution in [2.24, 2.45) is 5.73 Å². The number of nitrogens with two attached hydrogens (primary N) is 1. The van der Waals surface area contributed by atoms with Crippen LogP contribution in [0.25, 0.3) is 0 Å². The number of rotatable bonds is 7. The molecule has 1 rings (SSSR count). The van der Waals surface area contributed by atoms with Crippen LogP contribution in [0.2, 0.25) is 0 Å². The van der Waals surface area contributed by atoms with Crippen molar-refractivity contribution in [1.82, 2.24) is 4.72 Å². The summed E-state index contributed by atoms with van der Waals surface area (Å²) in [6.07, 6.45) is 2.74. The van der Waals surface area contributed by atoms with E-state index in [1.807, 2.05) is 13.0 Å². The van der Waals surface area contributed by atoms with Crippen LogP contribution in [0, 0.1) is 6.92 Å². The minimum Gasteiger partial charge on any atom is -0.329 e. The lowest BCUT2D eigenvalue weighted by Crippen LogP contribution is -2.40. The van der Waals surface area contributed by atoms with Crippen LogP contribution in [0.1, 0.15) is 31.7 Å². The molecule has 0 heterocycles. The van der Waals surface area contributed by atoms with Crippen LogP contribution in [-0.4, -0.2) is 21.0 Å². The van der Waals surface area contributed by atoms with Crippen molar-refractivity contribution >= 4 is 38.4 Å². The molecule has 0 amide bonds. The van der Waals surface area contributed by atoms with Crippen LogP contribution in [0.15, 0.2) is 27.6 Å². The van der Waals surface area contributed by atoms with Gasteiger partial charge in [0.1, 0.15) is 0 Å². The van der Waals surface area contributed by atoms with Crippen LogP contribution in [0.5, 0.6) is 0 Å². The maximum Gasteiger partial charge on any atom is 0.241 e. The van der Waals surface area contributed by atoms with Crippen molar-refractivity contribution < 1.29 is 8.42 Å². The van der Waals surface area contributed by atoms with Crippen molar-refractivity contribution in [2.75, 3.05) is 6.54 Å². The first kappa shape index (κ1) is 19.9. The molecule has 0 radical (unpaired) electrons. The van der Waals surface area contributed by atoms with Crippen LogP contribution >= 0.6 is 28.3 Å². The highest BCUT2D eigenvalue weighted by Crippen LogP contribution is 2.25. The van der Waals surface area contributed by atoms with Gasteiger partial charge in [0.05, 0.1) is 4.90 Å². The van der Waals surface area contributed by atoms with Gasteiger partial charge < -0.3 is 5.73 Å². The highest BCUT2D eigenvalue weighted by atomic mass is 79.9. The van der Waals surface area contributed by atoms with Gasteiger partial charge in [-0.15, -0.1) is 12.4 Å². The van der Waals surface area contributed by atoms with E-state index < -0.39 is 10.0 Å². The van der Waals surface area contributed by atoms with Gasteiger partial charge in [-0.25, -0.2) is 13.1 Å². The number of aryl methyl sites for hydroxylation is 1. The number of hydrogen-bond acceptors (Lipinski definition) is 3. The van der Waals surface area contributed by atoms with Crippen molar-refractivity contribution in [1.29, 1.82) is 0 Å². The van der Waals surface area contributed by atoms with Crippen molar-refractivity contribution in [2.45, 2.75) is 44.0 Å². The molecule has 1 aromatic carbocycles. The molecule has 0 aromatic heterocycles. The van der Waals surface area contributed by atoms with Gasteiger partial charge in [0.15, 0.2) is 0 Å². The van der Waals surface area contributed by atoms with Gasteiger partial charge in [-0.1, -0.05) is 31.9 Å². The number of unbranched alkanes of at least 4 members (excludes halogenated alkanes) is 1. The number of halogens is 2. The number of hydrogen-bond donors (Lipinski definition) is 2. The summed E-state index contributed by atoms with van der Waals surface area (Å²) in [5.41, 5.74) is 6.52. The SMILES string of the molecule is CCCCC(CN)NS(=O)(=O)c1cccc(C)c1Br.Cl. The normalized spacial score (nSPS) is 12.8. The second-order valence-electron chi connectivity index (χ2n) is 4.58. The predicted molar refractivity (Wildman–Crippen MR) is 88.8 cm³/mol. The predicted octanol–water partition coefficient (Wildman–Crippen LogP) is 2.98. The summed E-state index contributed by atoms with van der Waals surface area (Å²) in [5.74, 6) is 0. The molecule has 0 bridgehead atoms. The average Bonchev–Trinajstić information content (AvgIpc) is 2.37. The quantitative estimate of drug-likeness (QED) is 0.758. The summed E-state index contributed by atoms with van der Waals surface area (Å²) in [5, 5.41) is 0. The molecule has 0 aliphatic rings. The monoisotopic (exact) mass is 384 g/mol. The molecule has 20 heavy (non-hydrogen) atoms. The summed E-state index contributed by atoms with van der Waals surface area (Å²) in [6, 6.07) is 4.98. The van der Waals surface area contributed by atoms with E-state index in [4.69, 9.17) is 5.73 Å². The van der Waals surface area contributed by atoms with E-state index in [0.717, 1.165) is 24.8 Å². The average molecular weight is 386 g/mol. The van der Waals surface area contributed by atoms with Crippen molar-refractivity contribution in [3.8, 4) is 0 Å². The van der Waals surface area contributed by atoms with Gasteiger partial charge >= 0.3 is 0 Å². The van der Waals surface area contributed by atoms with E-state index in [1.54, 1.807) is 12.1 Å². The molecule has 0 spiro atoms. The first-order chi connectivity index (χ1) is 8.92. The summed E-state index contributed by atoms with van der Waals surface area (Å²) >= 11 is 3.33. The first-order valence-corrected chi connectivity index (χ1v) is 8.67. The molecule has 0 saturated heterocycles. The third-order valence-electron chi connectivity index (χ3n) is 2.96. The molecular formula is C13H22BrClN2O2S. The maximum atomic E-state index is 12.3. The molecule has 0 aliphatic heterocycles. The molecule has 3 N–H and O–H groups in total. The fourth-order valence-corrected chi connectivity index (χ4v) is 4.12. The second-order valence-corrected chi connectivity index (χ2v) is 7.06. The lowest BCUT2D eigenvalue weighted by molar-refractivity contribution is 0.516. The van der Waals surface area contributed by atoms with Gasteiger partial charge in [0.2, 0.25) is 10.0 Å². The molecule has 1 atom stereocenters. The third-order valence-corrected chi connectivity index (χ3v) is 5.84. The van der Waals surface area contributed by atoms with Crippen LogP contribution in [0.3, 0.4) is 0 Å². The highest BCUT2D eigenvalue weighted by molar-refractivity contribution is 9.10. The third kappa shape index (κ3) is 5.33. The molecule has 1 unspecified atom stereocenters. The minimum atomic E-state index is -3.53. The van der Waals surface area contributed by atoms with Crippen LogP contribution in [0.4, 0.5) is 0 Å². The molecule has 0 fully saturated rings. The molecule has 4 nitrogen and oxygen atoms in total. The Balaban J connectivity index is 0.00000361. The zero-order chi connectivity index (χ0) is 14.5. The lowest BCUT2D eigenvalue weighted by atomic mass is 10.1. The highest BCUT2D eigenvalue weighted by Gasteiger charge is 2.21. The van der Waals surface area contributed by atoms with E-state index in [1.165, 1.54) is 0 Å². The molecule has 0 aliphatic carbocycles. The number of nitrogens with one attached hydrogen (secondary N) is 1. The Morgan fingerprint density at radius 3 is 2.60 bits per heavy atom. The van der Waals surface area contributed by atoms with Crippen LogP contribution < -0.4 is 10.5 Å². The Labute approximate surface area is 136 Å². The Kier molecular flexibility index (Phi) is 8.93. The van der Waals surface area contributed by atoms with Gasteiger partial charge in [0.25, 0.3) is 0 Å². The standard InChI is InChI=1S/C13H21BrN2O2S.ClH/c1-3-4-7-11(9-15)16-19(17,18)12-8-5-6-10(2)13(12)14;/h5-6,8,11,16H,3-4,7,9,15H2,1-2H3;1H. The summed E-state index contributed by atoms with van der Waals surface area (Å²) in [7, 11) is -3.53. The topological polar surface area (TPSA) is 72.2 Å². The van der Waals surface area contributed by atoms with Gasteiger partial charge in [0, 0.05) is 17.1 Å². The summed E-state index contributed by atoms with van der Waals surface area (Å²) < 4.78 is 28.0. The summed E-state index contributed by atoms with van der Waals surface area (Å²) in [6.45, 7) is 4.24. The second kappa shape index (κ2) is 9.00. The minimum absolute atomic E-state index is 0. The van der Waals surface area contributed by atoms with E-state index in [-0.39, 0.29) is 23.3 Å². The van der Waals surface area contributed by atoms with Crippen molar-refractivity contribution in [3.05, 3.63) is 28.2 Å². The first-order valence-electron chi connectivity index (χ1n) is 6.40. The van der Waals surface area contributed by atoms with Crippen molar-refractivity contribution in [3.63, 3.8) is 0 Å². The number of benzene rings is 1. The fourth-order valence-electron chi connectivity index (χ4n) is 1.79. The molecular weight excluding hydrogens is 364 g/mol. The van der Waals surface area contributed by atoms with Gasteiger partial charge in [-0.3, -0.25) is 0 Å². The number of sulfonamides is 1. The molecule has 7 heteroatoms. The Morgan fingerprint density at radius 2 is 2.05 bits per heavy atom. The molecule has 0 saturated carbocycles. The largest absolute Gasteiger partial charge is 0.329 e. The van der Waals surface area contributed by atoms with E-state index >= 15 is 0 Å². The van der Waals surface area contributed by atoms with Gasteiger partial charge in [-0.05, 0) is 40.9 Å². The van der Waals surface area contributed by atoms with E-state index in [2.05, 4.69) is 27.6 Å². The van der Waals surface area contributed by atoms with Gasteiger partial charge in [-0.2, -0.15) is 0 Å².